The SMILES string of the molecule is Cc1cc(NC(=O)CCCN(c2ccc(F)cc2)S(C)(=O)=O)ccc1Br. The van der Waals surface area contributed by atoms with Gasteiger partial charge in [-0.05, 0) is 61.4 Å². The van der Waals surface area contributed by atoms with Gasteiger partial charge in [-0.2, -0.15) is 0 Å². The molecule has 0 unspecified atom stereocenters. The number of aryl methyl sites for hydroxylation is 1. The lowest BCUT2D eigenvalue weighted by molar-refractivity contribution is -0.116. The molecule has 0 aliphatic heterocycles. The molecule has 0 fully saturated rings. The highest BCUT2D eigenvalue weighted by Crippen LogP contribution is 2.21. The van der Waals surface area contributed by atoms with Crippen LogP contribution in [0.4, 0.5) is 15.8 Å². The molecular weight excluding hydrogens is 423 g/mol. The van der Waals surface area contributed by atoms with Crippen molar-refractivity contribution in [1.82, 2.24) is 0 Å². The summed E-state index contributed by atoms with van der Waals surface area (Å²) >= 11 is 3.40. The molecule has 8 heteroatoms. The van der Waals surface area contributed by atoms with Crippen LogP contribution in [0.2, 0.25) is 0 Å². The second kappa shape index (κ2) is 8.64. The summed E-state index contributed by atoms with van der Waals surface area (Å²) in [6.07, 6.45) is 1.59. The van der Waals surface area contributed by atoms with Crippen LogP contribution in [0.5, 0.6) is 0 Å². The fraction of sp³-hybridized carbons (Fsp3) is 0.278. The van der Waals surface area contributed by atoms with Crippen molar-refractivity contribution < 1.29 is 17.6 Å². The average Bonchev–Trinajstić information content (AvgIpc) is 2.55. The Kier molecular flexibility index (Phi) is 6.77. The van der Waals surface area contributed by atoms with Gasteiger partial charge in [-0.15, -0.1) is 0 Å². The number of nitrogens with zero attached hydrogens (tertiary/aromatic N) is 1. The van der Waals surface area contributed by atoms with Gasteiger partial charge in [-0.3, -0.25) is 9.10 Å². The number of nitrogens with one attached hydrogen (secondary N) is 1. The second-order valence-electron chi connectivity index (χ2n) is 5.93. The number of carbonyl (C=O) groups is 1. The largest absolute Gasteiger partial charge is 0.326 e. The quantitative estimate of drug-likeness (QED) is 0.702. The Hall–Kier alpha value is -1.93. The fourth-order valence-electron chi connectivity index (χ4n) is 2.42. The summed E-state index contributed by atoms with van der Waals surface area (Å²) in [5.41, 5.74) is 2.06. The maximum absolute atomic E-state index is 13.0. The number of sulfonamides is 1. The third-order valence-electron chi connectivity index (χ3n) is 3.72. The van der Waals surface area contributed by atoms with E-state index in [-0.39, 0.29) is 18.9 Å². The van der Waals surface area contributed by atoms with Crippen molar-refractivity contribution in [2.24, 2.45) is 0 Å². The minimum Gasteiger partial charge on any atom is -0.326 e. The van der Waals surface area contributed by atoms with Crippen molar-refractivity contribution >= 4 is 43.2 Å². The lowest BCUT2D eigenvalue weighted by atomic mass is 10.2. The van der Waals surface area contributed by atoms with Crippen LogP contribution in [0.25, 0.3) is 0 Å². The predicted octanol–water partition coefficient (Wildman–Crippen LogP) is 4.08. The van der Waals surface area contributed by atoms with Crippen molar-refractivity contribution in [2.75, 3.05) is 22.4 Å². The molecule has 0 aliphatic rings. The number of benzene rings is 2. The van der Waals surface area contributed by atoms with E-state index in [9.17, 15) is 17.6 Å². The van der Waals surface area contributed by atoms with E-state index in [1.165, 1.54) is 28.6 Å². The molecule has 2 rings (SSSR count). The average molecular weight is 443 g/mol. The summed E-state index contributed by atoms with van der Waals surface area (Å²) in [6, 6.07) is 10.7. The van der Waals surface area contributed by atoms with E-state index in [1.807, 2.05) is 19.1 Å². The molecule has 2 aromatic rings. The van der Waals surface area contributed by atoms with Crippen LogP contribution in [0.1, 0.15) is 18.4 Å². The summed E-state index contributed by atoms with van der Waals surface area (Å²) < 4.78 is 39.1. The van der Waals surface area contributed by atoms with Crippen molar-refractivity contribution in [2.45, 2.75) is 19.8 Å². The van der Waals surface area contributed by atoms with Gasteiger partial charge < -0.3 is 5.32 Å². The Morgan fingerprint density at radius 1 is 1.19 bits per heavy atom. The number of halogens is 2. The van der Waals surface area contributed by atoms with Crippen molar-refractivity contribution in [3.63, 3.8) is 0 Å². The first-order chi connectivity index (χ1) is 12.2. The van der Waals surface area contributed by atoms with Crippen molar-refractivity contribution in [1.29, 1.82) is 0 Å². The van der Waals surface area contributed by atoms with Gasteiger partial charge >= 0.3 is 0 Å². The number of hydrogen-bond acceptors (Lipinski definition) is 3. The molecule has 1 amide bonds. The van der Waals surface area contributed by atoms with Crippen LogP contribution in [0.3, 0.4) is 0 Å². The van der Waals surface area contributed by atoms with Gasteiger partial charge in [-0.1, -0.05) is 15.9 Å². The minimum atomic E-state index is -3.52. The van der Waals surface area contributed by atoms with E-state index in [1.54, 1.807) is 6.07 Å². The first-order valence-electron chi connectivity index (χ1n) is 7.96. The van der Waals surface area contributed by atoms with Crippen LogP contribution in [0, 0.1) is 12.7 Å². The Balaban J connectivity index is 1.95. The number of amides is 1. The second-order valence-corrected chi connectivity index (χ2v) is 8.69. The molecular formula is C18H20BrFN2O3S. The molecule has 0 bridgehead atoms. The van der Waals surface area contributed by atoms with Gasteiger partial charge in [0.05, 0.1) is 11.9 Å². The number of rotatable bonds is 7. The van der Waals surface area contributed by atoms with E-state index in [0.29, 0.717) is 17.8 Å². The van der Waals surface area contributed by atoms with Gasteiger partial charge in [0.1, 0.15) is 5.82 Å². The molecule has 0 saturated heterocycles. The lowest BCUT2D eigenvalue weighted by Crippen LogP contribution is -2.31. The number of hydrogen-bond donors (Lipinski definition) is 1. The molecule has 0 heterocycles. The van der Waals surface area contributed by atoms with Gasteiger partial charge in [0.15, 0.2) is 0 Å². The molecule has 0 aromatic heterocycles. The maximum atomic E-state index is 13.0. The zero-order valence-corrected chi connectivity index (χ0v) is 16.9. The number of anilines is 2. The molecule has 140 valence electrons. The Morgan fingerprint density at radius 3 is 2.42 bits per heavy atom. The maximum Gasteiger partial charge on any atom is 0.232 e. The van der Waals surface area contributed by atoms with E-state index in [4.69, 9.17) is 0 Å². The first-order valence-corrected chi connectivity index (χ1v) is 10.6. The van der Waals surface area contributed by atoms with E-state index >= 15 is 0 Å². The normalized spacial score (nSPS) is 11.2. The Labute approximate surface area is 161 Å². The summed E-state index contributed by atoms with van der Waals surface area (Å²) in [7, 11) is -3.52. The van der Waals surface area contributed by atoms with Crippen LogP contribution in [-0.4, -0.2) is 27.1 Å². The Morgan fingerprint density at radius 2 is 1.85 bits per heavy atom. The highest BCUT2D eigenvalue weighted by molar-refractivity contribution is 9.10. The smallest absolute Gasteiger partial charge is 0.232 e. The summed E-state index contributed by atoms with van der Waals surface area (Å²) in [5.74, 6) is -0.634. The molecule has 1 N–H and O–H groups in total. The summed E-state index contributed by atoms with van der Waals surface area (Å²) in [4.78, 5) is 12.1. The first kappa shape index (κ1) is 20.4. The summed E-state index contributed by atoms with van der Waals surface area (Å²) in [6.45, 7) is 2.06. The van der Waals surface area contributed by atoms with E-state index in [0.717, 1.165) is 16.3 Å². The predicted molar refractivity (Wildman–Crippen MR) is 105 cm³/mol. The molecule has 0 saturated carbocycles. The monoisotopic (exact) mass is 442 g/mol. The van der Waals surface area contributed by atoms with Crippen LogP contribution >= 0.6 is 15.9 Å². The molecule has 0 spiro atoms. The van der Waals surface area contributed by atoms with E-state index in [2.05, 4.69) is 21.2 Å². The highest BCUT2D eigenvalue weighted by atomic mass is 79.9. The molecule has 0 radical (unpaired) electrons. The molecule has 0 aliphatic carbocycles. The topological polar surface area (TPSA) is 66.5 Å². The summed E-state index contributed by atoms with van der Waals surface area (Å²) in [5, 5.41) is 2.79. The van der Waals surface area contributed by atoms with Gasteiger partial charge in [0.25, 0.3) is 0 Å². The van der Waals surface area contributed by atoms with Gasteiger partial charge in [-0.25, -0.2) is 12.8 Å². The lowest BCUT2D eigenvalue weighted by Gasteiger charge is -2.22. The molecule has 0 atom stereocenters. The number of carbonyl (C=O) groups excluding carboxylic acids is 1. The zero-order valence-electron chi connectivity index (χ0n) is 14.5. The van der Waals surface area contributed by atoms with Crippen LogP contribution in [-0.2, 0) is 14.8 Å². The van der Waals surface area contributed by atoms with Crippen molar-refractivity contribution in [3.05, 3.63) is 58.3 Å². The van der Waals surface area contributed by atoms with Crippen LogP contribution in [0.15, 0.2) is 46.9 Å². The van der Waals surface area contributed by atoms with Gasteiger partial charge in [0.2, 0.25) is 15.9 Å². The van der Waals surface area contributed by atoms with Gasteiger partial charge in [0, 0.05) is 23.1 Å². The molecule has 5 nitrogen and oxygen atoms in total. The van der Waals surface area contributed by atoms with Crippen molar-refractivity contribution in [3.8, 4) is 0 Å². The van der Waals surface area contributed by atoms with Crippen LogP contribution < -0.4 is 9.62 Å². The highest BCUT2D eigenvalue weighted by Gasteiger charge is 2.17. The third kappa shape index (κ3) is 5.81. The minimum absolute atomic E-state index is 0.136. The molecule has 2 aromatic carbocycles. The standard InChI is InChI=1S/C18H20BrFN2O3S/c1-13-12-15(7-10-17(13)19)21-18(23)4-3-11-22(26(2,24)25)16-8-5-14(20)6-9-16/h5-10,12H,3-4,11H2,1-2H3,(H,21,23). The van der Waals surface area contributed by atoms with E-state index < -0.39 is 15.8 Å². The zero-order chi connectivity index (χ0) is 19.3. The fourth-order valence-corrected chi connectivity index (χ4v) is 3.63. The molecule has 26 heavy (non-hydrogen) atoms. The third-order valence-corrected chi connectivity index (χ3v) is 5.81. The Bertz CT molecular complexity index is 886.